The van der Waals surface area contributed by atoms with E-state index in [9.17, 15) is 4.79 Å². The van der Waals surface area contributed by atoms with Crippen molar-refractivity contribution in [2.45, 2.75) is 25.3 Å². The molecule has 0 bridgehead atoms. The second-order valence-electron chi connectivity index (χ2n) is 7.66. The summed E-state index contributed by atoms with van der Waals surface area (Å²) in [5.41, 5.74) is 4.69. The second-order valence-corrected chi connectivity index (χ2v) is 7.66. The molecule has 1 aromatic carbocycles. The first-order valence-electron chi connectivity index (χ1n) is 10.1. The Morgan fingerprint density at radius 2 is 2.04 bits per heavy atom. The van der Waals surface area contributed by atoms with E-state index in [1.165, 1.54) is 11.3 Å². The molecule has 0 aliphatic carbocycles. The lowest BCUT2D eigenvalue weighted by Crippen LogP contribution is -2.46. The molecule has 144 valence electrons. The summed E-state index contributed by atoms with van der Waals surface area (Å²) in [6, 6.07) is 15.0. The van der Waals surface area contributed by atoms with Crippen molar-refractivity contribution in [3.8, 4) is 0 Å². The van der Waals surface area contributed by atoms with Gasteiger partial charge in [0.2, 0.25) is 0 Å². The number of benzene rings is 1. The lowest BCUT2D eigenvalue weighted by molar-refractivity contribution is 0.198. The molecular formula is C22H25N5O. The number of para-hydroxylation sites is 1. The van der Waals surface area contributed by atoms with Crippen LogP contribution in [0.2, 0.25) is 0 Å². The van der Waals surface area contributed by atoms with Crippen molar-refractivity contribution in [2.24, 2.45) is 0 Å². The lowest BCUT2D eigenvalue weighted by atomic mass is 10.1. The molecule has 1 N–H and O–H groups in total. The van der Waals surface area contributed by atoms with Gasteiger partial charge >= 0.3 is 6.03 Å². The monoisotopic (exact) mass is 375 g/mol. The average molecular weight is 375 g/mol. The Hall–Kier alpha value is -3.02. The van der Waals surface area contributed by atoms with Crippen molar-refractivity contribution >= 4 is 17.4 Å². The molecule has 6 heteroatoms. The van der Waals surface area contributed by atoms with Crippen molar-refractivity contribution in [1.82, 2.24) is 19.6 Å². The molecule has 2 aliphatic rings. The normalized spacial score (nSPS) is 18.6. The number of anilines is 1. The van der Waals surface area contributed by atoms with Gasteiger partial charge in [0.15, 0.2) is 0 Å². The van der Waals surface area contributed by atoms with Crippen LogP contribution in [0.25, 0.3) is 5.65 Å². The summed E-state index contributed by atoms with van der Waals surface area (Å²) in [5.74, 6) is 0. The first-order valence-corrected chi connectivity index (χ1v) is 10.1. The highest BCUT2D eigenvalue weighted by molar-refractivity contribution is 5.74. The fourth-order valence-electron chi connectivity index (χ4n) is 4.47. The predicted octanol–water partition coefficient (Wildman–Crippen LogP) is 2.72. The highest BCUT2D eigenvalue weighted by Crippen LogP contribution is 2.33. The van der Waals surface area contributed by atoms with E-state index in [0.717, 1.165) is 50.2 Å². The van der Waals surface area contributed by atoms with E-state index >= 15 is 0 Å². The number of rotatable bonds is 3. The van der Waals surface area contributed by atoms with Gasteiger partial charge in [-0.25, -0.2) is 9.78 Å². The summed E-state index contributed by atoms with van der Waals surface area (Å²) in [6.45, 7) is 3.23. The van der Waals surface area contributed by atoms with Crippen molar-refractivity contribution in [1.29, 1.82) is 0 Å². The smallest absolute Gasteiger partial charge is 0.317 e. The number of nitrogens with zero attached hydrogens (tertiary/aromatic N) is 4. The number of imidazole rings is 1. The Bertz CT molecular complexity index is 964. The number of hydrogen-bond acceptors (Lipinski definition) is 3. The van der Waals surface area contributed by atoms with Crippen LogP contribution >= 0.6 is 0 Å². The maximum Gasteiger partial charge on any atom is 0.317 e. The largest absolute Gasteiger partial charge is 0.366 e. The predicted molar refractivity (Wildman–Crippen MR) is 110 cm³/mol. The molecule has 0 radical (unpaired) electrons. The van der Waals surface area contributed by atoms with Gasteiger partial charge in [-0.15, -0.1) is 0 Å². The average Bonchev–Trinajstić information content (AvgIpc) is 3.21. The number of fused-ring (bicyclic) bond motifs is 4. The van der Waals surface area contributed by atoms with Crippen molar-refractivity contribution < 1.29 is 4.79 Å². The highest BCUT2D eigenvalue weighted by atomic mass is 16.2. The van der Waals surface area contributed by atoms with E-state index in [-0.39, 0.29) is 6.03 Å². The topological polar surface area (TPSA) is 52.9 Å². The second kappa shape index (κ2) is 7.19. The summed E-state index contributed by atoms with van der Waals surface area (Å²) >= 11 is 0. The molecule has 0 saturated carbocycles. The fraction of sp³-hybridized carbons (Fsp3) is 0.364. The van der Waals surface area contributed by atoms with Crippen LogP contribution < -0.4 is 10.2 Å². The Morgan fingerprint density at radius 3 is 2.96 bits per heavy atom. The minimum atomic E-state index is 0.0431. The van der Waals surface area contributed by atoms with Crippen LogP contribution in [0.3, 0.4) is 0 Å². The van der Waals surface area contributed by atoms with Crippen molar-refractivity contribution in [2.75, 3.05) is 31.1 Å². The quantitative estimate of drug-likeness (QED) is 0.766. The first kappa shape index (κ1) is 17.1. The van der Waals surface area contributed by atoms with Crippen LogP contribution in [0.1, 0.15) is 17.7 Å². The van der Waals surface area contributed by atoms with Gasteiger partial charge in [-0.1, -0.05) is 24.3 Å². The van der Waals surface area contributed by atoms with Gasteiger partial charge in [-0.2, -0.15) is 0 Å². The molecule has 4 heterocycles. The van der Waals surface area contributed by atoms with Gasteiger partial charge in [0.05, 0.1) is 11.7 Å². The number of amides is 2. The van der Waals surface area contributed by atoms with E-state index in [0.29, 0.717) is 12.6 Å². The minimum absolute atomic E-state index is 0.0431. The van der Waals surface area contributed by atoms with Crippen LogP contribution in [-0.2, 0) is 12.8 Å². The number of pyridine rings is 1. The Labute approximate surface area is 164 Å². The van der Waals surface area contributed by atoms with E-state index in [2.05, 4.69) is 39.5 Å². The van der Waals surface area contributed by atoms with Crippen LogP contribution in [0.4, 0.5) is 10.5 Å². The molecule has 2 amide bonds. The van der Waals surface area contributed by atoms with Crippen molar-refractivity contribution in [3.63, 3.8) is 0 Å². The molecule has 28 heavy (non-hydrogen) atoms. The zero-order valence-corrected chi connectivity index (χ0v) is 15.9. The molecule has 1 saturated heterocycles. The molecular weight excluding hydrogens is 350 g/mol. The summed E-state index contributed by atoms with van der Waals surface area (Å²) in [4.78, 5) is 21.8. The number of carbonyl (C=O) groups excluding carboxylic acids is 1. The summed E-state index contributed by atoms with van der Waals surface area (Å²) in [6.07, 6.45) is 6.79. The molecule has 0 spiro atoms. The molecule has 1 unspecified atom stereocenters. The number of carbonyl (C=O) groups is 1. The molecule has 1 fully saturated rings. The summed E-state index contributed by atoms with van der Waals surface area (Å²) in [5, 5.41) is 3.09. The maximum atomic E-state index is 12.7. The Balaban J connectivity index is 1.18. The number of hydrogen-bond donors (Lipinski definition) is 1. The number of urea groups is 1. The molecule has 3 aromatic rings. The zero-order chi connectivity index (χ0) is 18.9. The lowest BCUT2D eigenvalue weighted by Gasteiger charge is -2.27. The van der Waals surface area contributed by atoms with E-state index < -0.39 is 0 Å². The summed E-state index contributed by atoms with van der Waals surface area (Å²) < 4.78 is 2.01. The first-order chi connectivity index (χ1) is 13.8. The van der Waals surface area contributed by atoms with Crippen LogP contribution in [-0.4, -0.2) is 52.5 Å². The van der Waals surface area contributed by atoms with Gasteiger partial charge in [-0.3, -0.25) is 0 Å². The molecule has 5 rings (SSSR count). The van der Waals surface area contributed by atoms with Gasteiger partial charge in [0, 0.05) is 50.7 Å². The fourth-order valence-corrected chi connectivity index (χ4v) is 4.47. The molecule has 2 aliphatic heterocycles. The van der Waals surface area contributed by atoms with Gasteiger partial charge in [0.25, 0.3) is 0 Å². The number of nitrogens with one attached hydrogen (secondary N) is 1. The number of aromatic nitrogens is 2. The third kappa shape index (κ3) is 3.19. The Kier molecular flexibility index (Phi) is 4.39. The maximum absolute atomic E-state index is 12.7. The SMILES string of the molecule is O=C(NCCc1cn2ccccc2n1)N1CCCN2c3ccccc3CC2C1. The minimum Gasteiger partial charge on any atom is -0.366 e. The molecule has 6 nitrogen and oxygen atoms in total. The highest BCUT2D eigenvalue weighted by Gasteiger charge is 2.33. The third-order valence-corrected chi connectivity index (χ3v) is 5.81. The van der Waals surface area contributed by atoms with Crippen LogP contribution in [0.5, 0.6) is 0 Å². The zero-order valence-electron chi connectivity index (χ0n) is 15.9. The summed E-state index contributed by atoms with van der Waals surface area (Å²) in [7, 11) is 0. The van der Waals surface area contributed by atoms with Crippen LogP contribution in [0, 0.1) is 0 Å². The Morgan fingerprint density at radius 1 is 1.14 bits per heavy atom. The standard InChI is InChI=1S/C22H25N5O/c28-22(23-10-9-18-15-25-11-4-3-8-21(25)24-18)26-12-5-13-27-19(16-26)14-17-6-1-2-7-20(17)27/h1-4,6-8,11,15,19H,5,9-10,12-14,16H2,(H,23,28). The van der Waals surface area contributed by atoms with Crippen molar-refractivity contribution in [3.05, 3.63) is 66.1 Å². The molecule has 1 atom stereocenters. The van der Waals surface area contributed by atoms with E-state index in [4.69, 9.17) is 0 Å². The van der Waals surface area contributed by atoms with Crippen LogP contribution in [0.15, 0.2) is 54.9 Å². The molecule has 2 aromatic heterocycles. The van der Waals surface area contributed by atoms with Gasteiger partial charge in [-0.05, 0) is 36.6 Å². The van der Waals surface area contributed by atoms with Gasteiger partial charge in [0.1, 0.15) is 5.65 Å². The van der Waals surface area contributed by atoms with E-state index in [1.807, 2.05) is 39.9 Å². The third-order valence-electron chi connectivity index (χ3n) is 5.81. The van der Waals surface area contributed by atoms with E-state index in [1.54, 1.807) is 0 Å². The van der Waals surface area contributed by atoms with Gasteiger partial charge < -0.3 is 19.5 Å².